The van der Waals surface area contributed by atoms with E-state index in [1.54, 1.807) is 48.5 Å². The average Bonchev–Trinajstić information content (AvgIpc) is 3.30. The standard InChI is InChI=1S/C21H22N6O4/c28-19(13-27-20(29)17-5-1-2-6-18(17)25-26-27)23-14-7-9-15(10-8-14)24-21(30)22-12-16-4-3-11-31-16/h1-2,5-10,16H,3-4,11-13H2,(H,23,28)(H2,22,24,30). The van der Waals surface area contributed by atoms with Crippen LogP contribution < -0.4 is 21.5 Å². The molecule has 1 fully saturated rings. The highest BCUT2D eigenvalue weighted by atomic mass is 16.5. The molecule has 2 aromatic carbocycles. The molecule has 0 saturated carbocycles. The Morgan fingerprint density at radius 2 is 1.81 bits per heavy atom. The molecule has 4 rings (SSSR count). The molecule has 1 saturated heterocycles. The fourth-order valence-corrected chi connectivity index (χ4v) is 3.29. The molecule has 0 aliphatic carbocycles. The van der Waals surface area contributed by atoms with Gasteiger partial charge in [0.15, 0.2) is 0 Å². The highest BCUT2D eigenvalue weighted by molar-refractivity contribution is 5.92. The lowest BCUT2D eigenvalue weighted by Crippen LogP contribution is -2.35. The van der Waals surface area contributed by atoms with Gasteiger partial charge in [0.2, 0.25) is 5.91 Å². The predicted molar refractivity (Wildman–Crippen MR) is 115 cm³/mol. The van der Waals surface area contributed by atoms with Crippen molar-refractivity contribution in [2.24, 2.45) is 0 Å². The lowest BCUT2D eigenvalue weighted by molar-refractivity contribution is -0.117. The Labute approximate surface area is 177 Å². The first kappa shape index (κ1) is 20.5. The number of amides is 3. The number of benzene rings is 2. The first-order valence-electron chi connectivity index (χ1n) is 9.97. The molecule has 0 radical (unpaired) electrons. The lowest BCUT2D eigenvalue weighted by Gasteiger charge is -2.12. The molecule has 31 heavy (non-hydrogen) atoms. The van der Waals surface area contributed by atoms with E-state index in [4.69, 9.17) is 4.74 Å². The van der Waals surface area contributed by atoms with E-state index in [-0.39, 0.29) is 24.2 Å². The van der Waals surface area contributed by atoms with Crippen molar-refractivity contribution in [3.8, 4) is 0 Å². The van der Waals surface area contributed by atoms with Crippen LogP contribution in [0, 0.1) is 0 Å². The Hall–Kier alpha value is -3.79. The number of nitrogens with zero attached hydrogens (tertiary/aromatic N) is 3. The van der Waals surface area contributed by atoms with Crippen LogP contribution in [0.1, 0.15) is 12.8 Å². The molecule has 2 heterocycles. The van der Waals surface area contributed by atoms with E-state index in [1.165, 1.54) is 0 Å². The first-order chi connectivity index (χ1) is 15.1. The summed E-state index contributed by atoms with van der Waals surface area (Å²) < 4.78 is 6.48. The van der Waals surface area contributed by atoms with Gasteiger partial charge in [0.05, 0.1) is 11.5 Å². The van der Waals surface area contributed by atoms with Gasteiger partial charge in [-0.05, 0) is 49.2 Å². The number of hydrogen-bond donors (Lipinski definition) is 3. The van der Waals surface area contributed by atoms with Crippen molar-refractivity contribution in [2.45, 2.75) is 25.5 Å². The molecule has 1 unspecified atom stereocenters. The van der Waals surface area contributed by atoms with Crippen molar-refractivity contribution in [3.63, 3.8) is 0 Å². The zero-order valence-corrected chi connectivity index (χ0v) is 16.7. The van der Waals surface area contributed by atoms with Gasteiger partial charge in [-0.15, -0.1) is 5.10 Å². The number of carbonyl (C=O) groups is 2. The molecule has 3 aromatic rings. The topological polar surface area (TPSA) is 127 Å². The molecule has 0 spiro atoms. The number of rotatable bonds is 6. The van der Waals surface area contributed by atoms with E-state index in [2.05, 4.69) is 26.3 Å². The smallest absolute Gasteiger partial charge is 0.319 e. The molecule has 3 N–H and O–H groups in total. The number of fused-ring (bicyclic) bond motifs is 1. The van der Waals surface area contributed by atoms with Crippen molar-refractivity contribution < 1.29 is 14.3 Å². The lowest BCUT2D eigenvalue weighted by atomic mass is 10.2. The van der Waals surface area contributed by atoms with Crippen LogP contribution in [-0.2, 0) is 16.1 Å². The van der Waals surface area contributed by atoms with Gasteiger partial charge in [0.25, 0.3) is 5.56 Å². The molecular weight excluding hydrogens is 400 g/mol. The highest BCUT2D eigenvalue weighted by Crippen LogP contribution is 2.14. The second-order valence-electron chi connectivity index (χ2n) is 7.16. The number of hydrogen-bond acceptors (Lipinski definition) is 6. The number of nitrogens with one attached hydrogen (secondary N) is 3. The second kappa shape index (κ2) is 9.35. The minimum absolute atomic E-state index is 0.0724. The summed E-state index contributed by atoms with van der Waals surface area (Å²) in [7, 11) is 0. The molecule has 3 amide bonds. The van der Waals surface area contributed by atoms with Gasteiger partial charge in [-0.25, -0.2) is 9.48 Å². The summed E-state index contributed by atoms with van der Waals surface area (Å²) in [5, 5.41) is 16.4. The third-order valence-electron chi connectivity index (χ3n) is 4.86. The van der Waals surface area contributed by atoms with Gasteiger partial charge in [0.1, 0.15) is 12.1 Å². The maximum Gasteiger partial charge on any atom is 0.319 e. The predicted octanol–water partition coefficient (Wildman–Crippen LogP) is 1.73. The Morgan fingerprint density at radius 3 is 2.55 bits per heavy atom. The van der Waals surface area contributed by atoms with Crippen molar-refractivity contribution in [1.29, 1.82) is 0 Å². The van der Waals surface area contributed by atoms with E-state index in [1.807, 2.05) is 0 Å². The van der Waals surface area contributed by atoms with Crippen LogP contribution in [0.25, 0.3) is 10.9 Å². The van der Waals surface area contributed by atoms with Crippen LogP contribution in [0.15, 0.2) is 53.3 Å². The van der Waals surface area contributed by atoms with E-state index in [0.717, 1.165) is 24.1 Å². The number of urea groups is 1. The number of anilines is 2. The zero-order valence-electron chi connectivity index (χ0n) is 16.7. The fraction of sp³-hybridized carbons (Fsp3) is 0.286. The van der Waals surface area contributed by atoms with Gasteiger partial charge in [-0.1, -0.05) is 17.3 Å². The van der Waals surface area contributed by atoms with E-state index in [9.17, 15) is 14.4 Å². The average molecular weight is 422 g/mol. The summed E-state index contributed by atoms with van der Waals surface area (Å²) in [4.78, 5) is 36.7. The molecule has 1 aliphatic rings. The Morgan fingerprint density at radius 1 is 1.06 bits per heavy atom. The number of aromatic nitrogens is 3. The summed E-state index contributed by atoms with van der Waals surface area (Å²) in [5.41, 5.74) is 1.21. The van der Waals surface area contributed by atoms with Crippen molar-refractivity contribution in [3.05, 3.63) is 58.9 Å². The first-order valence-corrected chi connectivity index (χ1v) is 9.97. The van der Waals surface area contributed by atoms with Crippen LogP contribution in [-0.4, -0.2) is 46.2 Å². The third kappa shape index (κ3) is 5.23. The van der Waals surface area contributed by atoms with E-state index in [0.29, 0.717) is 28.8 Å². The minimum atomic E-state index is -0.415. The monoisotopic (exact) mass is 422 g/mol. The Bertz CT molecular complexity index is 1140. The normalized spacial score (nSPS) is 15.5. The highest BCUT2D eigenvalue weighted by Gasteiger charge is 2.16. The molecule has 10 nitrogen and oxygen atoms in total. The molecule has 1 atom stereocenters. The molecule has 160 valence electrons. The van der Waals surface area contributed by atoms with Crippen LogP contribution in [0.5, 0.6) is 0 Å². The third-order valence-corrected chi connectivity index (χ3v) is 4.86. The molecule has 1 aliphatic heterocycles. The summed E-state index contributed by atoms with van der Waals surface area (Å²) in [5.74, 6) is -0.415. The Kier molecular flexibility index (Phi) is 6.18. The second-order valence-corrected chi connectivity index (χ2v) is 7.16. The quantitative estimate of drug-likeness (QED) is 0.555. The van der Waals surface area contributed by atoms with Crippen LogP contribution >= 0.6 is 0 Å². The molecule has 1 aromatic heterocycles. The van der Waals surface area contributed by atoms with Gasteiger partial charge in [-0.2, -0.15) is 0 Å². The van der Waals surface area contributed by atoms with Crippen LogP contribution in [0.4, 0.5) is 16.2 Å². The van der Waals surface area contributed by atoms with Gasteiger partial charge >= 0.3 is 6.03 Å². The summed E-state index contributed by atoms with van der Waals surface area (Å²) in [6, 6.07) is 13.2. The molecule has 10 heteroatoms. The van der Waals surface area contributed by atoms with Crippen LogP contribution in [0.2, 0.25) is 0 Å². The van der Waals surface area contributed by atoms with Crippen molar-refractivity contribution in [1.82, 2.24) is 20.3 Å². The largest absolute Gasteiger partial charge is 0.376 e. The zero-order chi connectivity index (χ0) is 21.6. The van der Waals surface area contributed by atoms with Crippen molar-refractivity contribution >= 4 is 34.2 Å². The molecule has 0 bridgehead atoms. The number of carbonyl (C=O) groups excluding carboxylic acids is 2. The maximum atomic E-state index is 12.4. The van der Waals surface area contributed by atoms with Crippen LogP contribution in [0.3, 0.4) is 0 Å². The SMILES string of the molecule is O=C(Cn1nnc2ccccc2c1=O)Nc1ccc(NC(=O)NCC2CCCO2)cc1. The summed E-state index contributed by atoms with van der Waals surface area (Å²) in [6.07, 6.45) is 2.04. The van der Waals surface area contributed by atoms with Crippen molar-refractivity contribution in [2.75, 3.05) is 23.8 Å². The maximum absolute atomic E-state index is 12.4. The van der Waals surface area contributed by atoms with Gasteiger partial charge < -0.3 is 20.7 Å². The van der Waals surface area contributed by atoms with Gasteiger partial charge in [0, 0.05) is 24.5 Å². The number of ether oxygens (including phenoxy) is 1. The van der Waals surface area contributed by atoms with E-state index < -0.39 is 5.91 Å². The Balaban J connectivity index is 1.30. The van der Waals surface area contributed by atoms with E-state index >= 15 is 0 Å². The summed E-state index contributed by atoms with van der Waals surface area (Å²) >= 11 is 0. The van der Waals surface area contributed by atoms with Gasteiger partial charge in [-0.3, -0.25) is 9.59 Å². The summed E-state index contributed by atoms with van der Waals surface area (Å²) in [6.45, 7) is 0.947. The minimum Gasteiger partial charge on any atom is -0.376 e. The molecular formula is C21H22N6O4. The fourth-order valence-electron chi connectivity index (χ4n) is 3.29.